The van der Waals surface area contributed by atoms with Gasteiger partial charge >= 0.3 is 5.97 Å². The Balaban J connectivity index is 1.97. The second kappa shape index (κ2) is 4.45. The molecule has 0 aromatic heterocycles. The van der Waals surface area contributed by atoms with Crippen LogP contribution in [0.15, 0.2) is 18.2 Å². The first-order valence-corrected chi connectivity index (χ1v) is 6.96. The molecular formula is C14H14ClNO4. The summed E-state index contributed by atoms with van der Waals surface area (Å²) in [5.74, 6) is 0.0965. The molecule has 20 heavy (non-hydrogen) atoms. The van der Waals surface area contributed by atoms with E-state index in [4.69, 9.17) is 11.6 Å². The highest BCUT2D eigenvalue weighted by Gasteiger charge is 2.57. The van der Waals surface area contributed by atoms with Crippen molar-refractivity contribution < 1.29 is 14.8 Å². The van der Waals surface area contributed by atoms with E-state index in [1.807, 2.05) is 0 Å². The van der Waals surface area contributed by atoms with Crippen LogP contribution in [0.1, 0.15) is 24.8 Å². The molecule has 106 valence electrons. The average Bonchev–Trinajstić information content (AvgIpc) is 2.99. The highest BCUT2D eigenvalue weighted by atomic mass is 35.5. The standard InChI is InChI=1S/C14H14ClNO4/c15-11-2-1-3-12(16(19)20)10(11)7-14(13(17)18)5-8-4-9(8)6-14/h1-3,8-9H,4-7H2,(H,17,18). The predicted octanol–water partition coefficient (Wildman–Crippen LogP) is 3.29. The van der Waals surface area contributed by atoms with Crippen molar-refractivity contribution in [3.63, 3.8) is 0 Å². The molecule has 0 saturated heterocycles. The van der Waals surface area contributed by atoms with Crippen molar-refractivity contribution >= 4 is 23.3 Å². The summed E-state index contributed by atoms with van der Waals surface area (Å²) >= 11 is 6.07. The number of hydrogen-bond donors (Lipinski definition) is 1. The molecule has 0 heterocycles. The lowest BCUT2D eigenvalue weighted by atomic mass is 9.77. The number of aliphatic carboxylic acids is 1. The third kappa shape index (κ3) is 2.06. The maximum absolute atomic E-state index is 11.7. The number of rotatable bonds is 4. The summed E-state index contributed by atoms with van der Waals surface area (Å²) in [6.07, 6.45) is 2.45. The maximum atomic E-state index is 11.7. The highest BCUT2D eigenvalue weighted by Crippen LogP contribution is 2.61. The Morgan fingerprint density at radius 3 is 2.65 bits per heavy atom. The molecule has 2 unspecified atom stereocenters. The molecule has 2 fully saturated rings. The van der Waals surface area contributed by atoms with Gasteiger partial charge in [0.1, 0.15) is 0 Å². The molecule has 5 nitrogen and oxygen atoms in total. The topological polar surface area (TPSA) is 80.4 Å². The van der Waals surface area contributed by atoms with Gasteiger partial charge in [0.2, 0.25) is 0 Å². The fraction of sp³-hybridized carbons (Fsp3) is 0.500. The fourth-order valence-corrected chi connectivity index (χ4v) is 3.76. The molecule has 2 atom stereocenters. The monoisotopic (exact) mass is 295 g/mol. The van der Waals surface area contributed by atoms with Gasteiger partial charge in [0.25, 0.3) is 5.69 Å². The summed E-state index contributed by atoms with van der Waals surface area (Å²) in [6.45, 7) is 0. The Hall–Kier alpha value is -1.62. The minimum atomic E-state index is -0.886. The number of carboxylic acid groups (broad SMARTS) is 1. The van der Waals surface area contributed by atoms with Crippen LogP contribution in [0.3, 0.4) is 0 Å². The van der Waals surface area contributed by atoms with Crippen LogP contribution in [0.2, 0.25) is 5.02 Å². The van der Waals surface area contributed by atoms with Gasteiger partial charge in [-0.25, -0.2) is 0 Å². The minimum Gasteiger partial charge on any atom is -0.481 e. The zero-order valence-electron chi connectivity index (χ0n) is 10.7. The molecule has 6 heteroatoms. The Morgan fingerprint density at radius 1 is 1.45 bits per heavy atom. The minimum absolute atomic E-state index is 0.0845. The van der Waals surface area contributed by atoms with Gasteiger partial charge in [-0.1, -0.05) is 17.7 Å². The van der Waals surface area contributed by atoms with Gasteiger partial charge in [-0.2, -0.15) is 0 Å². The summed E-state index contributed by atoms with van der Waals surface area (Å²) in [5.41, 5.74) is -0.620. The Bertz CT molecular complexity index is 591. The van der Waals surface area contributed by atoms with Crippen molar-refractivity contribution in [2.24, 2.45) is 17.3 Å². The van der Waals surface area contributed by atoms with Crippen molar-refractivity contribution in [1.82, 2.24) is 0 Å². The van der Waals surface area contributed by atoms with Crippen molar-refractivity contribution in [2.75, 3.05) is 0 Å². The zero-order valence-corrected chi connectivity index (χ0v) is 11.5. The molecule has 0 amide bonds. The SMILES string of the molecule is O=C(O)C1(Cc2c(Cl)cccc2[N+](=O)[O-])CC2CC2C1. The summed E-state index contributed by atoms with van der Waals surface area (Å²) in [5, 5.41) is 20.9. The molecule has 2 saturated carbocycles. The lowest BCUT2D eigenvalue weighted by Crippen LogP contribution is -2.32. The van der Waals surface area contributed by atoms with Crippen LogP contribution in [0, 0.1) is 27.4 Å². The molecule has 1 aromatic carbocycles. The van der Waals surface area contributed by atoms with Crippen LogP contribution in [-0.4, -0.2) is 16.0 Å². The van der Waals surface area contributed by atoms with Crippen LogP contribution in [0.5, 0.6) is 0 Å². The lowest BCUT2D eigenvalue weighted by molar-refractivity contribution is -0.385. The third-order valence-corrected chi connectivity index (χ3v) is 4.99. The van der Waals surface area contributed by atoms with E-state index in [2.05, 4.69) is 0 Å². The third-order valence-electron chi connectivity index (χ3n) is 4.63. The van der Waals surface area contributed by atoms with Crippen LogP contribution in [0.4, 0.5) is 5.69 Å². The van der Waals surface area contributed by atoms with Gasteiger partial charge in [0, 0.05) is 11.6 Å². The Kier molecular flexibility index (Phi) is 2.97. The first kappa shape index (κ1) is 13.4. The molecule has 1 aromatic rings. The number of carboxylic acids is 1. The van der Waals surface area contributed by atoms with E-state index in [0.29, 0.717) is 30.2 Å². The first-order valence-electron chi connectivity index (χ1n) is 6.58. The van der Waals surface area contributed by atoms with Crippen molar-refractivity contribution in [2.45, 2.75) is 25.7 Å². The van der Waals surface area contributed by atoms with Crippen LogP contribution < -0.4 is 0 Å². The smallest absolute Gasteiger partial charge is 0.309 e. The van der Waals surface area contributed by atoms with Gasteiger partial charge in [0.15, 0.2) is 0 Å². The van der Waals surface area contributed by atoms with Gasteiger partial charge in [-0.3, -0.25) is 14.9 Å². The molecule has 0 aliphatic heterocycles. The number of fused-ring (bicyclic) bond motifs is 1. The second-order valence-electron chi connectivity index (χ2n) is 5.92. The van der Waals surface area contributed by atoms with Gasteiger partial charge < -0.3 is 5.11 Å². The average molecular weight is 296 g/mol. The first-order chi connectivity index (χ1) is 9.43. The zero-order chi connectivity index (χ0) is 14.5. The van der Waals surface area contributed by atoms with Crippen LogP contribution in [-0.2, 0) is 11.2 Å². The molecule has 2 aliphatic rings. The van der Waals surface area contributed by atoms with E-state index < -0.39 is 16.3 Å². The summed E-state index contributed by atoms with van der Waals surface area (Å²) in [6, 6.07) is 4.48. The normalized spacial score (nSPS) is 30.9. The molecular weight excluding hydrogens is 282 g/mol. The predicted molar refractivity (Wildman–Crippen MR) is 72.7 cm³/mol. The Morgan fingerprint density at radius 2 is 2.10 bits per heavy atom. The van der Waals surface area contributed by atoms with Crippen molar-refractivity contribution in [3.8, 4) is 0 Å². The van der Waals surface area contributed by atoms with E-state index in [-0.39, 0.29) is 17.1 Å². The molecule has 0 bridgehead atoms. The van der Waals surface area contributed by atoms with Crippen LogP contribution in [0.25, 0.3) is 0 Å². The number of benzene rings is 1. The van der Waals surface area contributed by atoms with Gasteiger partial charge in [-0.05, 0) is 43.6 Å². The van der Waals surface area contributed by atoms with E-state index in [0.717, 1.165) is 6.42 Å². The summed E-state index contributed by atoms with van der Waals surface area (Å²) in [7, 11) is 0. The van der Waals surface area contributed by atoms with E-state index in [1.165, 1.54) is 12.1 Å². The van der Waals surface area contributed by atoms with Crippen LogP contribution >= 0.6 is 11.6 Å². The fourth-order valence-electron chi connectivity index (χ4n) is 3.52. The van der Waals surface area contributed by atoms with E-state index in [9.17, 15) is 20.0 Å². The van der Waals surface area contributed by atoms with Crippen molar-refractivity contribution in [3.05, 3.63) is 38.9 Å². The highest BCUT2D eigenvalue weighted by molar-refractivity contribution is 6.31. The number of hydrogen-bond acceptors (Lipinski definition) is 3. The quantitative estimate of drug-likeness (QED) is 0.682. The maximum Gasteiger partial charge on any atom is 0.309 e. The number of halogens is 1. The molecule has 3 rings (SSSR count). The number of nitro groups is 1. The molecule has 0 spiro atoms. The summed E-state index contributed by atoms with van der Waals surface area (Å²) in [4.78, 5) is 22.3. The lowest BCUT2D eigenvalue weighted by Gasteiger charge is -2.26. The van der Waals surface area contributed by atoms with E-state index >= 15 is 0 Å². The second-order valence-corrected chi connectivity index (χ2v) is 6.33. The number of carbonyl (C=O) groups is 1. The van der Waals surface area contributed by atoms with Gasteiger partial charge in [0.05, 0.1) is 15.4 Å². The molecule has 1 N–H and O–H groups in total. The largest absolute Gasteiger partial charge is 0.481 e. The molecule has 0 radical (unpaired) electrons. The van der Waals surface area contributed by atoms with E-state index in [1.54, 1.807) is 6.07 Å². The number of nitrogens with zero attached hydrogens (tertiary/aromatic N) is 1. The molecule has 2 aliphatic carbocycles. The van der Waals surface area contributed by atoms with Crippen molar-refractivity contribution in [1.29, 1.82) is 0 Å². The van der Waals surface area contributed by atoms with Gasteiger partial charge in [-0.15, -0.1) is 0 Å². The summed E-state index contributed by atoms with van der Waals surface area (Å²) < 4.78 is 0. The Labute approximate surface area is 120 Å². The number of nitro benzene ring substituents is 1.